The van der Waals surface area contributed by atoms with E-state index in [-0.39, 0.29) is 11.9 Å². The molecule has 0 aromatic carbocycles. The van der Waals surface area contributed by atoms with E-state index >= 15 is 0 Å². The number of esters is 1. The maximum atomic E-state index is 11.3. The Morgan fingerprint density at radius 1 is 1.50 bits per heavy atom. The first kappa shape index (κ1) is 11.4. The summed E-state index contributed by atoms with van der Waals surface area (Å²) in [6.07, 6.45) is 0.741. The summed E-state index contributed by atoms with van der Waals surface area (Å²) in [5, 5.41) is 0. The van der Waals surface area contributed by atoms with E-state index in [4.69, 9.17) is 10.5 Å². The van der Waals surface area contributed by atoms with Crippen molar-refractivity contribution in [3.8, 4) is 0 Å². The molecule has 72 valence electrons. The highest BCUT2D eigenvalue weighted by molar-refractivity contribution is 5.73. The van der Waals surface area contributed by atoms with Crippen molar-refractivity contribution in [3.63, 3.8) is 0 Å². The summed E-state index contributed by atoms with van der Waals surface area (Å²) in [6.45, 7) is 7.86. The maximum absolute atomic E-state index is 11.3. The summed E-state index contributed by atoms with van der Waals surface area (Å²) in [7, 11) is 0. The summed E-state index contributed by atoms with van der Waals surface area (Å²) >= 11 is 0. The predicted molar refractivity (Wildman–Crippen MR) is 48.7 cm³/mol. The molecule has 0 aromatic rings. The molecule has 0 aliphatic rings. The van der Waals surface area contributed by atoms with Crippen molar-refractivity contribution in [2.45, 2.75) is 39.7 Å². The van der Waals surface area contributed by atoms with Crippen molar-refractivity contribution in [3.05, 3.63) is 0 Å². The molecular weight excluding hydrogens is 154 g/mol. The van der Waals surface area contributed by atoms with E-state index in [1.165, 1.54) is 0 Å². The van der Waals surface area contributed by atoms with Gasteiger partial charge >= 0.3 is 5.97 Å². The van der Waals surface area contributed by atoms with Crippen LogP contribution in [0.15, 0.2) is 0 Å². The van der Waals surface area contributed by atoms with Gasteiger partial charge in [-0.15, -0.1) is 0 Å². The molecule has 0 spiro atoms. The fourth-order valence-electron chi connectivity index (χ4n) is 0.815. The zero-order chi connectivity index (χ0) is 9.78. The smallest absolute Gasteiger partial charge is 0.310 e. The van der Waals surface area contributed by atoms with Gasteiger partial charge in [0, 0.05) is 6.54 Å². The van der Waals surface area contributed by atoms with Gasteiger partial charge in [0.2, 0.25) is 0 Å². The van der Waals surface area contributed by atoms with Crippen LogP contribution in [-0.4, -0.2) is 18.1 Å². The molecule has 0 saturated carbocycles. The standard InChI is InChI=1S/C9H19NO2/c1-5-7(6-10)8(11)12-9(2,3)4/h7H,5-6,10H2,1-4H3/t7-/m0/s1. The quantitative estimate of drug-likeness (QED) is 0.655. The number of carbonyl (C=O) groups excluding carboxylic acids is 1. The van der Waals surface area contributed by atoms with E-state index in [0.29, 0.717) is 6.54 Å². The minimum atomic E-state index is -0.403. The van der Waals surface area contributed by atoms with Gasteiger partial charge < -0.3 is 10.5 Å². The summed E-state index contributed by atoms with van der Waals surface area (Å²) in [4.78, 5) is 11.3. The van der Waals surface area contributed by atoms with Crippen molar-refractivity contribution < 1.29 is 9.53 Å². The SMILES string of the molecule is CC[C@@H](CN)C(=O)OC(C)(C)C. The van der Waals surface area contributed by atoms with Crippen molar-refractivity contribution in [2.24, 2.45) is 11.7 Å². The van der Waals surface area contributed by atoms with Crippen LogP contribution in [0.2, 0.25) is 0 Å². The molecule has 0 aliphatic carbocycles. The molecule has 12 heavy (non-hydrogen) atoms. The first-order valence-corrected chi connectivity index (χ1v) is 4.33. The molecule has 0 aromatic heterocycles. The van der Waals surface area contributed by atoms with Crippen molar-refractivity contribution >= 4 is 5.97 Å². The normalized spacial score (nSPS) is 14.1. The van der Waals surface area contributed by atoms with Crippen LogP contribution >= 0.6 is 0 Å². The molecule has 0 bridgehead atoms. The highest BCUT2D eigenvalue weighted by atomic mass is 16.6. The molecule has 0 amide bonds. The summed E-state index contributed by atoms with van der Waals surface area (Å²) in [5.74, 6) is -0.336. The van der Waals surface area contributed by atoms with Gasteiger partial charge in [-0.25, -0.2) is 0 Å². The Balaban J connectivity index is 4.02. The first-order valence-electron chi connectivity index (χ1n) is 4.33. The Morgan fingerprint density at radius 2 is 2.00 bits per heavy atom. The minimum absolute atomic E-state index is 0.149. The second-order valence-corrected chi connectivity index (χ2v) is 3.87. The molecule has 0 saturated heterocycles. The van der Waals surface area contributed by atoms with Gasteiger partial charge in [0.05, 0.1) is 5.92 Å². The molecule has 0 heterocycles. The molecule has 0 rings (SSSR count). The zero-order valence-corrected chi connectivity index (χ0v) is 8.39. The van der Waals surface area contributed by atoms with Gasteiger partial charge in [-0.3, -0.25) is 4.79 Å². The van der Waals surface area contributed by atoms with E-state index in [2.05, 4.69) is 0 Å². The van der Waals surface area contributed by atoms with Crippen LogP contribution in [-0.2, 0) is 9.53 Å². The molecule has 1 atom stereocenters. The first-order chi connectivity index (χ1) is 5.40. The van der Waals surface area contributed by atoms with Crippen LogP contribution in [0.1, 0.15) is 34.1 Å². The lowest BCUT2D eigenvalue weighted by Gasteiger charge is -2.22. The topological polar surface area (TPSA) is 52.3 Å². The molecular formula is C9H19NO2. The fraction of sp³-hybridized carbons (Fsp3) is 0.889. The van der Waals surface area contributed by atoms with E-state index in [1.807, 2.05) is 27.7 Å². The number of ether oxygens (including phenoxy) is 1. The van der Waals surface area contributed by atoms with Crippen molar-refractivity contribution in [1.29, 1.82) is 0 Å². The number of hydrogen-bond acceptors (Lipinski definition) is 3. The summed E-state index contributed by atoms with van der Waals surface area (Å²) in [5.41, 5.74) is 5.00. The van der Waals surface area contributed by atoms with Crippen molar-refractivity contribution in [2.75, 3.05) is 6.54 Å². The lowest BCUT2D eigenvalue weighted by atomic mass is 10.1. The highest BCUT2D eigenvalue weighted by Gasteiger charge is 2.22. The number of carbonyl (C=O) groups is 1. The largest absolute Gasteiger partial charge is 0.460 e. The second-order valence-electron chi connectivity index (χ2n) is 3.87. The fourth-order valence-corrected chi connectivity index (χ4v) is 0.815. The third-order valence-corrected chi connectivity index (χ3v) is 1.52. The second kappa shape index (κ2) is 4.45. The molecule has 0 radical (unpaired) electrons. The number of nitrogens with two attached hydrogens (primary N) is 1. The van der Waals surface area contributed by atoms with Crippen LogP contribution in [0.4, 0.5) is 0 Å². The van der Waals surface area contributed by atoms with Crippen LogP contribution in [0.5, 0.6) is 0 Å². The average molecular weight is 173 g/mol. The molecule has 3 nitrogen and oxygen atoms in total. The Hall–Kier alpha value is -0.570. The average Bonchev–Trinajstić information content (AvgIpc) is 1.85. The zero-order valence-electron chi connectivity index (χ0n) is 8.39. The van der Waals surface area contributed by atoms with E-state index < -0.39 is 5.60 Å². The van der Waals surface area contributed by atoms with E-state index in [0.717, 1.165) is 6.42 Å². The monoisotopic (exact) mass is 173 g/mol. The predicted octanol–water partition coefficient (Wildman–Crippen LogP) is 1.31. The highest BCUT2D eigenvalue weighted by Crippen LogP contribution is 2.12. The molecule has 0 unspecified atom stereocenters. The Morgan fingerprint density at radius 3 is 2.25 bits per heavy atom. The maximum Gasteiger partial charge on any atom is 0.310 e. The van der Waals surface area contributed by atoms with Crippen LogP contribution in [0.3, 0.4) is 0 Å². The summed E-state index contributed by atoms with van der Waals surface area (Å²) < 4.78 is 5.16. The Labute approximate surface area is 74.3 Å². The van der Waals surface area contributed by atoms with Crippen LogP contribution in [0.25, 0.3) is 0 Å². The van der Waals surface area contributed by atoms with Gasteiger partial charge in [-0.1, -0.05) is 6.92 Å². The van der Waals surface area contributed by atoms with E-state index in [1.54, 1.807) is 0 Å². The number of hydrogen-bond donors (Lipinski definition) is 1. The lowest BCUT2D eigenvalue weighted by molar-refractivity contribution is -0.159. The van der Waals surface area contributed by atoms with E-state index in [9.17, 15) is 4.79 Å². The Kier molecular flexibility index (Phi) is 4.24. The van der Waals surface area contributed by atoms with Crippen molar-refractivity contribution in [1.82, 2.24) is 0 Å². The van der Waals surface area contributed by atoms with Crippen LogP contribution < -0.4 is 5.73 Å². The molecule has 3 heteroatoms. The minimum Gasteiger partial charge on any atom is -0.460 e. The molecule has 2 N–H and O–H groups in total. The van der Waals surface area contributed by atoms with Gasteiger partial charge in [0.15, 0.2) is 0 Å². The van der Waals surface area contributed by atoms with Gasteiger partial charge in [-0.05, 0) is 27.2 Å². The van der Waals surface area contributed by atoms with Gasteiger partial charge in [0.25, 0.3) is 0 Å². The summed E-state index contributed by atoms with van der Waals surface area (Å²) in [6, 6.07) is 0. The third kappa shape index (κ3) is 4.34. The van der Waals surface area contributed by atoms with Gasteiger partial charge in [0.1, 0.15) is 5.60 Å². The number of rotatable bonds is 3. The van der Waals surface area contributed by atoms with Gasteiger partial charge in [-0.2, -0.15) is 0 Å². The Bertz CT molecular complexity index is 145. The van der Waals surface area contributed by atoms with Crippen LogP contribution in [0, 0.1) is 5.92 Å². The lowest BCUT2D eigenvalue weighted by Crippen LogP contribution is -2.32. The molecule has 0 fully saturated rings. The third-order valence-electron chi connectivity index (χ3n) is 1.52. The molecule has 0 aliphatic heterocycles.